The van der Waals surface area contributed by atoms with E-state index in [-0.39, 0.29) is 23.6 Å². The molecule has 20 heavy (non-hydrogen) atoms. The van der Waals surface area contributed by atoms with Crippen molar-refractivity contribution >= 4 is 23.1 Å². The molecular weight excluding hydrogens is 254 g/mol. The van der Waals surface area contributed by atoms with Gasteiger partial charge in [-0.2, -0.15) is 0 Å². The van der Waals surface area contributed by atoms with Crippen molar-refractivity contribution in [3.8, 4) is 0 Å². The van der Waals surface area contributed by atoms with Crippen LogP contribution >= 0.6 is 0 Å². The Morgan fingerprint density at radius 3 is 2.35 bits per heavy atom. The number of carbonyl (C=O) groups is 2. The Labute approximate surface area is 116 Å². The lowest BCUT2D eigenvalue weighted by molar-refractivity contribution is 0.0904. The van der Waals surface area contributed by atoms with Crippen molar-refractivity contribution in [2.45, 2.75) is 0 Å². The SMILES string of the molecule is Nc1cccc(C(=O)NCC(=O)c2ccccc2)c1N. The van der Waals surface area contributed by atoms with E-state index in [0.717, 1.165) is 0 Å². The quantitative estimate of drug-likeness (QED) is 0.578. The highest BCUT2D eigenvalue weighted by molar-refractivity contribution is 6.05. The maximum atomic E-state index is 12.0. The number of ketones is 1. The van der Waals surface area contributed by atoms with Gasteiger partial charge in [0.15, 0.2) is 5.78 Å². The molecule has 0 bridgehead atoms. The van der Waals surface area contributed by atoms with Gasteiger partial charge in [-0.15, -0.1) is 0 Å². The number of nitrogen functional groups attached to an aromatic ring is 2. The van der Waals surface area contributed by atoms with Crippen molar-refractivity contribution in [2.24, 2.45) is 0 Å². The van der Waals surface area contributed by atoms with Gasteiger partial charge < -0.3 is 16.8 Å². The molecule has 0 atom stereocenters. The second-order valence-electron chi connectivity index (χ2n) is 4.28. The second kappa shape index (κ2) is 5.88. The Hall–Kier alpha value is -2.82. The van der Waals surface area contributed by atoms with E-state index in [1.807, 2.05) is 6.07 Å². The number of anilines is 2. The molecule has 0 aliphatic rings. The van der Waals surface area contributed by atoms with Crippen LogP contribution in [-0.4, -0.2) is 18.2 Å². The minimum Gasteiger partial charge on any atom is -0.397 e. The number of nitrogens with one attached hydrogen (secondary N) is 1. The molecule has 0 saturated carbocycles. The summed E-state index contributed by atoms with van der Waals surface area (Å²) in [5, 5.41) is 2.54. The van der Waals surface area contributed by atoms with Crippen molar-refractivity contribution in [3.63, 3.8) is 0 Å². The van der Waals surface area contributed by atoms with Crippen LogP contribution in [-0.2, 0) is 0 Å². The van der Waals surface area contributed by atoms with Gasteiger partial charge in [-0.05, 0) is 12.1 Å². The summed E-state index contributed by atoms with van der Waals surface area (Å²) in [6.45, 7) is -0.0862. The zero-order valence-corrected chi connectivity index (χ0v) is 10.8. The van der Waals surface area contributed by atoms with Crippen molar-refractivity contribution in [2.75, 3.05) is 18.0 Å². The molecule has 0 aromatic heterocycles. The van der Waals surface area contributed by atoms with E-state index in [0.29, 0.717) is 11.3 Å². The highest BCUT2D eigenvalue weighted by atomic mass is 16.2. The fourth-order valence-corrected chi connectivity index (χ4v) is 1.76. The Kier molecular flexibility index (Phi) is 4.00. The zero-order chi connectivity index (χ0) is 14.5. The molecule has 1 amide bonds. The predicted octanol–water partition coefficient (Wildman–Crippen LogP) is 1.46. The van der Waals surface area contributed by atoms with E-state index >= 15 is 0 Å². The van der Waals surface area contributed by atoms with Gasteiger partial charge in [-0.25, -0.2) is 0 Å². The average Bonchev–Trinajstić information content (AvgIpc) is 2.48. The van der Waals surface area contributed by atoms with Gasteiger partial charge in [-0.3, -0.25) is 9.59 Å². The van der Waals surface area contributed by atoms with Crippen LogP contribution in [0.4, 0.5) is 11.4 Å². The van der Waals surface area contributed by atoms with Gasteiger partial charge in [0.05, 0.1) is 23.5 Å². The second-order valence-corrected chi connectivity index (χ2v) is 4.28. The molecule has 0 aliphatic carbocycles. The first-order chi connectivity index (χ1) is 9.59. The van der Waals surface area contributed by atoms with Gasteiger partial charge in [0.1, 0.15) is 0 Å². The van der Waals surface area contributed by atoms with E-state index < -0.39 is 5.91 Å². The first-order valence-corrected chi connectivity index (χ1v) is 6.10. The number of carbonyl (C=O) groups excluding carboxylic acids is 2. The summed E-state index contributed by atoms with van der Waals surface area (Å²) < 4.78 is 0. The summed E-state index contributed by atoms with van der Waals surface area (Å²) in [7, 11) is 0. The smallest absolute Gasteiger partial charge is 0.253 e. The summed E-state index contributed by atoms with van der Waals surface area (Å²) in [5.74, 6) is -0.583. The molecule has 2 aromatic carbocycles. The topological polar surface area (TPSA) is 98.2 Å². The summed E-state index contributed by atoms with van der Waals surface area (Å²) in [6, 6.07) is 13.6. The van der Waals surface area contributed by atoms with Crippen LogP contribution in [0.2, 0.25) is 0 Å². The first-order valence-electron chi connectivity index (χ1n) is 6.10. The van der Waals surface area contributed by atoms with Crippen LogP contribution in [0.3, 0.4) is 0 Å². The van der Waals surface area contributed by atoms with Crippen molar-refractivity contribution in [1.29, 1.82) is 0 Å². The largest absolute Gasteiger partial charge is 0.397 e. The number of nitrogens with two attached hydrogens (primary N) is 2. The normalized spacial score (nSPS) is 10.0. The molecule has 5 nitrogen and oxygen atoms in total. The third-order valence-corrected chi connectivity index (χ3v) is 2.89. The Balaban J connectivity index is 2.03. The summed E-state index contributed by atoms with van der Waals surface area (Å²) in [5.41, 5.74) is 12.7. The number of rotatable bonds is 4. The molecule has 5 N–H and O–H groups in total. The van der Waals surface area contributed by atoms with Crippen molar-refractivity contribution in [3.05, 3.63) is 59.7 Å². The van der Waals surface area contributed by atoms with Crippen LogP contribution in [0.25, 0.3) is 0 Å². The minimum atomic E-state index is -0.418. The number of Topliss-reactive ketones (excluding diaryl/α,β-unsaturated/α-hetero) is 1. The van der Waals surface area contributed by atoms with E-state index in [1.54, 1.807) is 42.5 Å². The predicted molar refractivity (Wildman–Crippen MR) is 78.4 cm³/mol. The number of benzene rings is 2. The fraction of sp³-hybridized carbons (Fsp3) is 0.0667. The molecular formula is C15H15N3O2. The molecule has 0 fully saturated rings. The van der Waals surface area contributed by atoms with E-state index in [4.69, 9.17) is 11.5 Å². The summed E-state index contributed by atoms with van der Waals surface area (Å²) >= 11 is 0. The standard InChI is InChI=1S/C15H15N3O2/c16-12-8-4-7-11(14(12)17)15(20)18-9-13(19)10-5-2-1-3-6-10/h1-8H,9,16-17H2,(H,18,20). The number of amides is 1. The van der Waals surface area contributed by atoms with Gasteiger partial charge in [0, 0.05) is 5.56 Å². The van der Waals surface area contributed by atoms with Crippen LogP contribution in [0.1, 0.15) is 20.7 Å². The van der Waals surface area contributed by atoms with Crippen LogP contribution < -0.4 is 16.8 Å². The maximum absolute atomic E-state index is 12.0. The lowest BCUT2D eigenvalue weighted by Gasteiger charge is -2.08. The van der Waals surface area contributed by atoms with Crippen molar-refractivity contribution in [1.82, 2.24) is 5.32 Å². The molecule has 0 aliphatic heterocycles. The third kappa shape index (κ3) is 2.95. The van der Waals surface area contributed by atoms with Gasteiger partial charge in [0.2, 0.25) is 0 Å². The molecule has 2 rings (SSSR count). The average molecular weight is 269 g/mol. The van der Waals surface area contributed by atoms with E-state index in [2.05, 4.69) is 5.32 Å². The number of para-hydroxylation sites is 1. The van der Waals surface area contributed by atoms with Crippen LogP contribution in [0.15, 0.2) is 48.5 Å². The molecule has 0 spiro atoms. The molecule has 5 heteroatoms. The molecule has 102 valence electrons. The van der Waals surface area contributed by atoms with Crippen molar-refractivity contribution < 1.29 is 9.59 Å². The number of hydrogen-bond acceptors (Lipinski definition) is 4. The Bertz CT molecular complexity index is 639. The lowest BCUT2D eigenvalue weighted by atomic mass is 10.1. The Morgan fingerprint density at radius 1 is 0.950 bits per heavy atom. The molecule has 0 unspecified atom stereocenters. The molecule has 2 aromatic rings. The van der Waals surface area contributed by atoms with Crippen LogP contribution in [0, 0.1) is 0 Å². The molecule has 0 radical (unpaired) electrons. The van der Waals surface area contributed by atoms with Gasteiger partial charge in [-0.1, -0.05) is 36.4 Å². The van der Waals surface area contributed by atoms with E-state index in [9.17, 15) is 9.59 Å². The summed E-state index contributed by atoms with van der Waals surface area (Å²) in [4.78, 5) is 23.8. The van der Waals surface area contributed by atoms with Gasteiger partial charge >= 0.3 is 0 Å². The Morgan fingerprint density at radius 2 is 1.65 bits per heavy atom. The number of hydrogen-bond donors (Lipinski definition) is 3. The highest BCUT2D eigenvalue weighted by Gasteiger charge is 2.13. The minimum absolute atomic E-state index is 0.0862. The molecule has 0 saturated heterocycles. The third-order valence-electron chi connectivity index (χ3n) is 2.89. The highest BCUT2D eigenvalue weighted by Crippen LogP contribution is 2.18. The van der Waals surface area contributed by atoms with Crippen LogP contribution in [0.5, 0.6) is 0 Å². The van der Waals surface area contributed by atoms with Gasteiger partial charge in [0.25, 0.3) is 5.91 Å². The monoisotopic (exact) mass is 269 g/mol. The summed E-state index contributed by atoms with van der Waals surface area (Å²) in [6.07, 6.45) is 0. The maximum Gasteiger partial charge on any atom is 0.253 e. The first kappa shape index (κ1) is 13.6. The molecule has 0 heterocycles. The zero-order valence-electron chi connectivity index (χ0n) is 10.8. The van der Waals surface area contributed by atoms with E-state index in [1.165, 1.54) is 0 Å². The lowest BCUT2D eigenvalue weighted by Crippen LogP contribution is -2.30. The fourth-order valence-electron chi connectivity index (χ4n) is 1.76.